The van der Waals surface area contributed by atoms with E-state index in [9.17, 15) is 9.18 Å². The Labute approximate surface area is 195 Å². The van der Waals surface area contributed by atoms with E-state index in [1.54, 1.807) is 43.5 Å². The number of methoxy groups -OCH3 is 5. The molecule has 0 saturated heterocycles. The van der Waals surface area contributed by atoms with Crippen molar-refractivity contribution in [1.82, 2.24) is 0 Å². The summed E-state index contributed by atoms with van der Waals surface area (Å²) in [5, 5.41) is 0.308. The Morgan fingerprint density at radius 1 is 0.765 bits per heavy atom. The van der Waals surface area contributed by atoms with E-state index in [-0.39, 0.29) is 22.6 Å². The fourth-order valence-corrected chi connectivity index (χ4v) is 3.78. The normalized spacial score (nSPS) is 10.8. The third-order valence-corrected chi connectivity index (χ3v) is 5.47. The largest absolute Gasteiger partial charge is 0.497 e. The molecule has 8 heteroatoms. The van der Waals surface area contributed by atoms with Crippen LogP contribution in [0.4, 0.5) is 4.39 Å². The summed E-state index contributed by atoms with van der Waals surface area (Å²) in [7, 11) is 7.32. The van der Waals surface area contributed by atoms with Crippen LogP contribution in [-0.4, -0.2) is 41.3 Å². The molecule has 0 aliphatic carbocycles. The van der Waals surface area contributed by atoms with Crippen molar-refractivity contribution >= 4 is 16.8 Å². The second kappa shape index (κ2) is 9.35. The van der Waals surface area contributed by atoms with E-state index in [1.165, 1.54) is 40.6 Å². The number of rotatable bonds is 8. The molecule has 0 saturated carbocycles. The van der Waals surface area contributed by atoms with Gasteiger partial charge < -0.3 is 28.1 Å². The maximum absolute atomic E-state index is 14.7. The first-order chi connectivity index (χ1) is 16.4. The Morgan fingerprint density at radius 3 is 1.91 bits per heavy atom. The molecule has 7 nitrogen and oxygen atoms in total. The molecule has 0 amide bonds. The number of fused-ring (bicyclic) bond motifs is 1. The standard InChI is InChI=1S/C26H23FO7/c1-29-16-8-6-14(7-9-16)25-23(17-12-18(27)20(30-2)13-19(17)34-25)24(28)15-10-21(31-3)26(33-5)22(11-15)32-4/h6-13H,1-5H3. The van der Waals surface area contributed by atoms with Gasteiger partial charge in [-0.2, -0.15) is 0 Å². The Morgan fingerprint density at radius 2 is 1.38 bits per heavy atom. The zero-order valence-corrected chi connectivity index (χ0v) is 19.4. The molecule has 0 spiro atoms. The molecular weight excluding hydrogens is 443 g/mol. The van der Waals surface area contributed by atoms with Gasteiger partial charge in [0, 0.05) is 22.6 Å². The van der Waals surface area contributed by atoms with Crippen LogP contribution in [0.25, 0.3) is 22.3 Å². The van der Waals surface area contributed by atoms with Gasteiger partial charge in [-0.05, 0) is 42.5 Å². The van der Waals surface area contributed by atoms with Gasteiger partial charge in [-0.25, -0.2) is 4.39 Å². The first-order valence-electron chi connectivity index (χ1n) is 10.2. The van der Waals surface area contributed by atoms with Crippen molar-refractivity contribution in [2.45, 2.75) is 0 Å². The average Bonchev–Trinajstić information content (AvgIpc) is 3.24. The van der Waals surface area contributed by atoms with E-state index < -0.39 is 11.6 Å². The summed E-state index contributed by atoms with van der Waals surface area (Å²) in [5.41, 5.74) is 1.37. The molecule has 176 valence electrons. The number of ketones is 1. The van der Waals surface area contributed by atoms with Gasteiger partial charge in [0.25, 0.3) is 0 Å². The van der Waals surface area contributed by atoms with Crippen LogP contribution in [0.2, 0.25) is 0 Å². The molecule has 1 aromatic heterocycles. The van der Waals surface area contributed by atoms with Crippen LogP contribution in [0, 0.1) is 5.82 Å². The lowest BCUT2D eigenvalue weighted by molar-refractivity contribution is 0.103. The molecule has 0 aliphatic heterocycles. The number of benzene rings is 3. The number of ether oxygens (including phenoxy) is 5. The van der Waals surface area contributed by atoms with Crippen molar-refractivity contribution in [3.8, 4) is 40.1 Å². The number of halogens is 1. The molecular formula is C26H23FO7. The Balaban J connectivity index is 1.98. The van der Waals surface area contributed by atoms with Gasteiger partial charge in [0.05, 0.1) is 41.1 Å². The van der Waals surface area contributed by atoms with E-state index >= 15 is 0 Å². The SMILES string of the molecule is COc1ccc(-c2oc3cc(OC)c(F)cc3c2C(=O)c2cc(OC)c(OC)c(OC)c2)cc1. The lowest BCUT2D eigenvalue weighted by Gasteiger charge is -2.14. The summed E-state index contributed by atoms with van der Waals surface area (Å²) in [6, 6.07) is 12.8. The quantitative estimate of drug-likeness (QED) is 0.317. The minimum atomic E-state index is -0.615. The first kappa shape index (κ1) is 23.0. The molecule has 0 N–H and O–H groups in total. The van der Waals surface area contributed by atoms with Crippen LogP contribution in [0.1, 0.15) is 15.9 Å². The molecule has 4 aromatic rings. The summed E-state index contributed by atoms with van der Waals surface area (Å²) in [4.78, 5) is 13.9. The predicted octanol–water partition coefficient (Wildman–Crippen LogP) is 5.51. The van der Waals surface area contributed by atoms with Crippen molar-refractivity contribution < 1.29 is 37.3 Å². The molecule has 0 aliphatic rings. The van der Waals surface area contributed by atoms with E-state index in [0.29, 0.717) is 39.5 Å². The molecule has 1 heterocycles. The molecule has 34 heavy (non-hydrogen) atoms. The Kier molecular flexibility index (Phi) is 6.32. The number of hydrogen-bond donors (Lipinski definition) is 0. The van der Waals surface area contributed by atoms with Crippen molar-refractivity contribution in [2.75, 3.05) is 35.5 Å². The average molecular weight is 466 g/mol. The van der Waals surface area contributed by atoms with E-state index in [1.807, 2.05) is 0 Å². The Hall–Kier alpha value is -4.20. The van der Waals surface area contributed by atoms with Crippen LogP contribution in [-0.2, 0) is 0 Å². The highest BCUT2D eigenvalue weighted by Crippen LogP contribution is 2.42. The van der Waals surface area contributed by atoms with Gasteiger partial charge in [-0.1, -0.05) is 0 Å². The van der Waals surface area contributed by atoms with Crippen molar-refractivity contribution in [1.29, 1.82) is 0 Å². The zero-order valence-electron chi connectivity index (χ0n) is 19.4. The monoisotopic (exact) mass is 466 g/mol. The summed E-state index contributed by atoms with van der Waals surface area (Å²) < 4.78 is 47.2. The smallest absolute Gasteiger partial charge is 0.203 e. The second-order valence-electron chi connectivity index (χ2n) is 7.26. The highest BCUT2D eigenvalue weighted by molar-refractivity contribution is 6.20. The van der Waals surface area contributed by atoms with Gasteiger partial charge in [-0.15, -0.1) is 0 Å². The maximum Gasteiger partial charge on any atom is 0.203 e. The topological polar surface area (TPSA) is 76.4 Å². The maximum atomic E-state index is 14.7. The van der Waals surface area contributed by atoms with Crippen molar-refractivity contribution in [3.63, 3.8) is 0 Å². The number of furan rings is 1. The van der Waals surface area contributed by atoms with Crippen molar-refractivity contribution in [3.05, 3.63) is 65.5 Å². The fraction of sp³-hybridized carbons (Fsp3) is 0.192. The van der Waals surface area contributed by atoms with Crippen LogP contribution in [0.3, 0.4) is 0 Å². The molecule has 0 fully saturated rings. The predicted molar refractivity (Wildman–Crippen MR) is 124 cm³/mol. The second-order valence-corrected chi connectivity index (χ2v) is 7.26. The molecule has 4 rings (SSSR count). The highest BCUT2D eigenvalue weighted by Gasteiger charge is 2.27. The summed E-state index contributed by atoms with van der Waals surface area (Å²) in [5.74, 6) is 0.895. The molecule has 0 unspecified atom stereocenters. The number of hydrogen-bond acceptors (Lipinski definition) is 7. The summed E-state index contributed by atoms with van der Waals surface area (Å²) in [6.45, 7) is 0. The van der Waals surface area contributed by atoms with Gasteiger partial charge in [-0.3, -0.25) is 4.79 Å². The van der Waals surface area contributed by atoms with E-state index in [2.05, 4.69) is 0 Å². The summed E-state index contributed by atoms with van der Waals surface area (Å²) >= 11 is 0. The third kappa shape index (κ3) is 3.87. The van der Waals surface area contributed by atoms with Crippen LogP contribution < -0.4 is 23.7 Å². The number of carbonyl (C=O) groups is 1. The van der Waals surface area contributed by atoms with Crippen LogP contribution >= 0.6 is 0 Å². The molecule has 3 aromatic carbocycles. The number of carbonyl (C=O) groups excluding carboxylic acids is 1. The third-order valence-electron chi connectivity index (χ3n) is 5.47. The van der Waals surface area contributed by atoms with Crippen molar-refractivity contribution in [2.24, 2.45) is 0 Å². The highest BCUT2D eigenvalue weighted by atomic mass is 19.1. The Bertz CT molecular complexity index is 1330. The van der Waals surface area contributed by atoms with Crippen LogP contribution in [0.15, 0.2) is 52.9 Å². The van der Waals surface area contributed by atoms with Gasteiger partial charge in [0.15, 0.2) is 28.8 Å². The van der Waals surface area contributed by atoms with E-state index in [4.69, 9.17) is 28.1 Å². The van der Waals surface area contributed by atoms with Crippen LogP contribution in [0.5, 0.6) is 28.7 Å². The zero-order chi connectivity index (χ0) is 24.4. The van der Waals surface area contributed by atoms with E-state index in [0.717, 1.165) is 0 Å². The lowest BCUT2D eigenvalue weighted by atomic mass is 9.96. The minimum absolute atomic E-state index is 0.00863. The fourth-order valence-electron chi connectivity index (χ4n) is 3.78. The molecule has 0 bridgehead atoms. The van der Waals surface area contributed by atoms with Gasteiger partial charge in [0.1, 0.15) is 17.1 Å². The van der Waals surface area contributed by atoms with Gasteiger partial charge >= 0.3 is 0 Å². The lowest BCUT2D eigenvalue weighted by Crippen LogP contribution is -2.05. The summed E-state index contributed by atoms with van der Waals surface area (Å²) in [6.07, 6.45) is 0. The molecule has 0 atom stereocenters. The van der Waals surface area contributed by atoms with Gasteiger partial charge in [0.2, 0.25) is 5.75 Å². The first-order valence-corrected chi connectivity index (χ1v) is 10.2. The minimum Gasteiger partial charge on any atom is -0.497 e. The molecule has 0 radical (unpaired) electrons.